The third kappa shape index (κ3) is 9.77. The molecule has 1 unspecified atom stereocenters. The Morgan fingerprint density at radius 2 is 2.00 bits per heavy atom. The Kier molecular flexibility index (Phi) is 11.1. The molecule has 2 aliphatic heterocycles. The van der Waals surface area contributed by atoms with Crippen LogP contribution in [-0.2, 0) is 9.47 Å². The molecule has 0 radical (unpaired) electrons. The number of rotatable bonds is 10. The zero-order valence-electron chi connectivity index (χ0n) is 17.8. The molecule has 1 atom stereocenters. The first-order valence-electron chi connectivity index (χ1n) is 11.0. The van der Waals surface area contributed by atoms with E-state index >= 15 is 0 Å². The molecule has 0 spiro atoms. The monoisotopic (exact) mass is 382 g/mol. The van der Waals surface area contributed by atoms with E-state index in [0.29, 0.717) is 5.92 Å². The second-order valence-electron chi connectivity index (χ2n) is 8.53. The van der Waals surface area contributed by atoms with Gasteiger partial charge >= 0.3 is 0 Å². The van der Waals surface area contributed by atoms with Crippen LogP contribution in [0.25, 0.3) is 0 Å². The van der Waals surface area contributed by atoms with E-state index in [1.165, 1.54) is 32.5 Å². The van der Waals surface area contributed by atoms with Crippen LogP contribution in [0.1, 0.15) is 46.0 Å². The first kappa shape index (κ1) is 22.4. The smallest absolute Gasteiger partial charge is 0.190 e. The topological polar surface area (TPSA) is 58.1 Å². The quantitative estimate of drug-likeness (QED) is 0.345. The van der Waals surface area contributed by atoms with Crippen LogP contribution in [0.4, 0.5) is 0 Å². The van der Waals surface area contributed by atoms with E-state index in [9.17, 15) is 0 Å². The highest BCUT2D eigenvalue weighted by molar-refractivity contribution is 5.79. The van der Waals surface area contributed by atoms with E-state index in [-0.39, 0.29) is 0 Å². The van der Waals surface area contributed by atoms with Gasteiger partial charge in [-0.25, -0.2) is 0 Å². The first-order valence-corrected chi connectivity index (χ1v) is 11.0. The third-order valence-electron chi connectivity index (χ3n) is 5.46. The molecule has 2 saturated heterocycles. The molecule has 0 bridgehead atoms. The average molecular weight is 383 g/mol. The highest BCUT2D eigenvalue weighted by Crippen LogP contribution is 2.17. The maximum atomic E-state index is 5.83. The van der Waals surface area contributed by atoms with Gasteiger partial charge in [0, 0.05) is 59.7 Å². The fraction of sp³-hybridized carbons (Fsp3) is 0.952. The van der Waals surface area contributed by atoms with Gasteiger partial charge in [0.15, 0.2) is 5.96 Å². The fourth-order valence-corrected chi connectivity index (χ4v) is 4.01. The van der Waals surface area contributed by atoms with Crippen molar-refractivity contribution in [3.8, 4) is 0 Å². The highest BCUT2D eigenvalue weighted by Gasteiger charge is 2.20. The lowest BCUT2D eigenvalue weighted by Crippen LogP contribution is -2.45. The van der Waals surface area contributed by atoms with Gasteiger partial charge in [-0.15, -0.1) is 0 Å². The number of guanidine groups is 1. The van der Waals surface area contributed by atoms with E-state index in [4.69, 9.17) is 9.47 Å². The second kappa shape index (κ2) is 13.3. The summed E-state index contributed by atoms with van der Waals surface area (Å²) in [5.41, 5.74) is 0. The van der Waals surface area contributed by atoms with Gasteiger partial charge in [-0.1, -0.05) is 13.8 Å². The molecule has 6 nitrogen and oxygen atoms in total. The van der Waals surface area contributed by atoms with Crippen molar-refractivity contribution in [3.05, 3.63) is 0 Å². The van der Waals surface area contributed by atoms with E-state index < -0.39 is 0 Å². The molecule has 2 rings (SSSR count). The van der Waals surface area contributed by atoms with Gasteiger partial charge in [0.05, 0.1) is 0 Å². The number of hydrogen-bond acceptors (Lipinski definition) is 4. The largest absolute Gasteiger partial charge is 0.381 e. The van der Waals surface area contributed by atoms with Crippen molar-refractivity contribution in [1.29, 1.82) is 0 Å². The number of likely N-dealkylation sites (tertiary alicyclic amines) is 1. The van der Waals surface area contributed by atoms with Crippen molar-refractivity contribution < 1.29 is 9.47 Å². The molecule has 0 aromatic rings. The minimum atomic E-state index is 0.687. The first-order chi connectivity index (χ1) is 13.2. The Bertz CT molecular complexity index is 411. The van der Waals surface area contributed by atoms with E-state index in [1.807, 2.05) is 7.05 Å². The summed E-state index contributed by atoms with van der Waals surface area (Å²) in [6.07, 6.45) is 5.93. The van der Waals surface area contributed by atoms with Crippen molar-refractivity contribution in [2.24, 2.45) is 22.7 Å². The molecule has 0 aromatic carbocycles. The lowest BCUT2D eigenvalue weighted by Gasteiger charge is -2.34. The van der Waals surface area contributed by atoms with Crippen molar-refractivity contribution in [2.75, 3.05) is 66.2 Å². The molecule has 27 heavy (non-hydrogen) atoms. The van der Waals surface area contributed by atoms with Gasteiger partial charge in [-0.2, -0.15) is 0 Å². The summed E-state index contributed by atoms with van der Waals surface area (Å²) in [4.78, 5) is 6.97. The molecule has 6 heteroatoms. The van der Waals surface area contributed by atoms with Gasteiger partial charge in [0.2, 0.25) is 0 Å². The molecule has 2 N–H and O–H groups in total. The zero-order chi connectivity index (χ0) is 19.3. The summed E-state index contributed by atoms with van der Waals surface area (Å²) in [6.45, 7) is 13.7. The van der Waals surface area contributed by atoms with Crippen molar-refractivity contribution in [1.82, 2.24) is 15.5 Å². The van der Waals surface area contributed by atoms with Crippen LogP contribution in [0.5, 0.6) is 0 Å². The van der Waals surface area contributed by atoms with E-state index in [0.717, 1.165) is 76.6 Å². The predicted octanol–water partition coefficient (Wildman–Crippen LogP) is 2.35. The molecule has 2 fully saturated rings. The van der Waals surface area contributed by atoms with E-state index in [1.54, 1.807) is 0 Å². The SMILES string of the molecule is CN=C(NCCCOCC1CCOCC1)NCC1CCCN(CC(C)C)C1. The van der Waals surface area contributed by atoms with Crippen molar-refractivity contribution in [3.63, 3.8) is 0 Å². The lowest BCUT2D eigenvalue weighted by atomic mass is 9.97. The average Bonchev–Trinajstić information content (AvgIpc) is 2.67. The van der Waals surface area contributed by atoms with Crippen LogP contribution in [-0.4, -0.2) is 77.1 Å². The van der Waals surface area contributed by atoms with Crippen LogP contribution >= 0.6 is 0 Å². The number of nitrogens with zero attached hydrogens (tertiary/aromatic N) is 2. The molecule has 0 aromatic heterocycles. The summed E-state index contributed by atoms with van der Waals surface area (Å²) in [5.74, 6) is 3.07. The Balaban J connectivity index is 1.51. The van der Waals surface area contributed by atoms with Crippen LogP contribution < -0.4 is 10.6 Å². The number of ether oxygens (including phenoxy) is 2. The lowest BCUT2D eigenvalue weighted by molar-refractivity contribution is 0.0203. The molecular formula is C21H42N4O2. The van der Waals surface area contributed by atoms with Crippen molar-refractivity contribution >= 4 is 5.96 Å². The normalized spacial score (nSPS) is 23.0. The maximum Gasteiger partial charge on any atom is 0.190 e. The van der Waals surface area contributed by atoms with E-state index in [2.05, 4.69) is 34.4 Å². The Hall–Kier alpha value is -0.850. The molecule has 158 valence electrons. The van der Waals surface area contributed by atoms with Crippen LogP contribution in [0.15, 0.2) is 4.99 Å². The van der Waals surface area contributed by atoms with Crippen molar-refractivity contribution in [2.45, 2.75) is 46.0 Å². The van der Waals surface area contributed by atoms with Crippen LogP contribution in [0, 0.1) is 17.8 Å². The summed E-state index contributed by atoms with van der Waals surface area (Å²) < 4.78 is 11.2. The minimum Gasteiger partial charge on any atom is -0.381 e. The minimum absolute atomic E-state index is 0.687. The number of hydrogen-bond donors (Lipinski definition) is 2. The Labute approximate surface area is 166 Å². The van der Waals surface area contributed by atoms with Gasteiger partial charge < -0.3 is 25.0 Å². The summed E-state index contributed by atoms with van der Waals surface area (Å²) >= 11 is 0. The second-order valence-corrected chi connectivity index (χ2v) is 8.53. The van der Waals surface area contributed by atoms with Gasteiger partial charge in [0.1, 0.15) is 0 Å². The molecule has 0 amide bonds. The standard InChI is InChI=1S/C21H42N4O2/c1-18(2)15-25-10-4-6-20(16-25)14-24-21(22-3)23-9-5-11-27-17-19-7-12-26-13-8-19/h18-20H,4-17H2,1-3H3,(H2,22,23,24). The van der Waals surface area contributed by atoms with Gasteiger partial charge in [-0.3, -0.25) is 4.99 Å². The number of aliphatic imine (C=N–C) groups is 1. The molecule has 0 saturated carbocycles. The maximum absolute atomic E-state index is 5.83. The predicted molar refractivity (Wildman–Crippen MR) is 112 cm³/mol. The zero-order valence-corrected chi connectivity index (χ0v) is 17.8. The summed E-state index contributed by atoms with van der Waals surface area (Å²) in [5, 5.41) is 6.93. The Morgan fingerprint density at radius 3 is 2.74 bits per heavy atom. The number of piperidine rings is 1. The summed E-state index contributed by atoms with van der Waals surface area (Å²) in [7, 11) is 1.85. The Morgan fingerprint density at radius 1 is 1.19 bits per heavy atom. The fourth-order valence-electron chi connectivity index (χ4n) is 4.01. The van der Waals surface area contributed by atoms with Gasteiger partial charge in [0.25, 0.3) is 0 Å². The summed E-state index contributed by atoms with van der Waals surface area (Å²) in [6, 6.07) is 0. The van der Waals surface area contributed by atoms with Gasteiger partial charge in [-0.05, 0) is 56.4 Å². The van der Waals surface area contributed by atoms with Crippen LogP contribution in [0.3, 0.4) is 0 Å². The molecule has 0 aliphatic carbocycles. The van der Waals surface area contributed by atoms with Crippen LogP contribution in [0.2, 0.25) is 0 Å². The number of nitrogens with one attached hydrogen (secondary N) is 2. The molecule has 2 aliphatic rings. The third-order valence-corrected chi connectivity index (χ3v) is 5.46. The molecule has 2 heterocycles. The highest BCUT2D eigenvalue weighted by atomic mass is 16.5. The molecular weight excluding hydrogens is 340 g/mol.